The number of halogens is 2. The maximum Gasteiger partial charge on any atom is 0.267 e. The van der Waals surface area contributed by atoms with Gasteiger partial charge in [0.05, 0.1) is 10.7 Å². The van der Waals surface area contributed by atoms with Gasteiger partial charge < -0.3 is 9.73 Å². The normalized spacial score (nSPS) is 11.2. The van der Waals surface area contributed by atoms with Crippen LogP contribution in [-0.2, 0) is 0 Å². The van der Waals surface area contributed by atoms with Gasteiger partial charge in [-0.2, -0.15) is 0 Å². The van der Waals surface area contributed by atoms with Crippen LogP contribution in [0.15, 0.2) is 71.1 Å². The summed E-state index contributed by atoms with van der Waals surface area (Å²) in [5.74, 6) is -0.702. The number of furan rings is 1. The van der Waals surface area contributed by atoms with Gasteiger partial charge in [-0.15, -0.1) is 11.3 Å². The number of anilines is 1. The molecule has 5 aromatic rings. The van der Waals surface area contributed by atoms with Crippen molar-refractivity contribution in [1.29, 1.82) is 0 Å². The smallest absolute Gasteiger partial charge is 0.267 e. The Balaban J connectivity index is 1.59. The van der Waals surface area contributed by atoms with E-state index in [9.17, 15) is 9.59 Å². The zero-order chi connectivity index (χ0) is 22.4. The van der Waals surface area contributed by atoms with Crippen molar-refractivity contribution in [2.75, 3.05) is 5.32 Å². The highest BCUT2D eigenvalue weighted by Crippen LogP contribution is 2.38. The van der Waals surface area contributed by atoms with E-state index >= 15 is 0 Å². The highest BCUT2D eigenvalue weighted by molar-refractivity contribution is 7.21. The van der Waals surface area contributed by atoms with Crippen LogP contribution in [0.4, 0.5) is 5.69 Å². The molecule has 1 amide bonds. The van der Waals surface area contributed by atoms with Gasteiger partial charge in [0.15, 0.2) is 5.76 Å². The van der Waals surface area contributed by atoms with E-state index in [1.54, 1.807) is 42.5 Å². The predicted octanol–water partition coefficient (Wildman–Crippen LogP) is 7.75. The van der Waals surface area contributed by atoms with E-state index in [1.165, 1.54) is 11.3 Å². The minimum Gasteiger partial charge on any atom is -0.450 e. The number of carbonyl (C=O) groups excluding carboxylic acids is 2. The molecule has 2 aromatic heterocycles. The van der Waals surface area contributed by atoms with E-state index in [0.29, 0.717) is 37.1 Å². The van der Waals surface area contributed by atoms with Gasteiger partial charge in [-0.25, -0.2) is 0 Å². The van der Waals surface area contributed by atoms with Gasteiger partial charge in [0.1, 0.15) is 10.5 Å². The lowest BCUT2D eigenvalue weighted by Gasteiger charge is -2.05. The first-order chi connectivity index (χ1) is 15.4. The molecule has 0 aliphatic rings. The van der Waals surface area contributed by atoms with Crippen LogP contribution in [0.2, 0.25) is 10.0 Å². The Labute approximate surface area is 197 Å². The molecule has 0 fully saturated rings. The van der Waals surface area contributed by atoms with Crippen LogP contribution in [0.5, 0.6) is 0 Å². The lowest BCUT2D eigenvalue weighted by molar-refractivity contribution is 0.101. The maximum absolute atomic E-state index is 13.2. The number of rotatable bonds is 4. The van der Waals surface area contributed by atoms with Crippen LogP contribution in [0, 0.1) is 6.92 Å². The van der Waals surface area contributed by atoms with Crippen LogP contribution >= 0.6 is 34.5 Å². The minimum atomic E-state index is -0.398. The molecule has 0 atom stereocenters. The number of fused-ring (bicyclic) bond motifs is 2. The van der Waals surface area contributed by atoms with Crippen LogP contribution in [-0.4, -0.2) is 11.7 Å². The second-order valence-corrected chi connectivity index (χ2v) is 9.20. The number of amides is 1. The van der Waals surface area contributed by atoms with Crippen molar-refractivity contribution >= 4 is 73.0 Å². The molecular formula is C25H15Cl2NO3S. The van der Waals surface area contributed by atoms with Gasteiger partial charge in [0.25, 0.3) is 5.91 Å². The molecule has 4 nitrogen and oxygen atoms in total. The van der Waals surface area contributed by atoms with E-state index in [-0.39, 0.29) is 11.5 Å². The van der Waals surface area contributed by atoms with E-state index in [1.807, 2.05) is 31.2 Å². The number of aryl methyl sites for hydroxylation is 1. The average molecular weight is 480 g/mol. The minimum absolute atomic E-state index is 0.0509. The summed E-state index contributed by atoms with van der Waals surface area (Å²) in [6.45, 7) is 1.99. The summed E-state index contributed by atoms with van der Waals surface area (Å²) in [6.07, 6.45) is 0. The average Bonchev–Trinajstić information content (AvgIpc) is 3.31. The Kier molecular flexibility index (Phi) is 5.25. The monoisotopic (exact) mass is 479 g/mol. The zero-order valence-electron chi connectivity index (χ0n) is 16.7. The van der Waals surface area contributed by atoms with Crippen molar-refractivity contribution < 1.29 is 14.0 Å². The van der Waals surface area contributed by atoms with Crippen molar-refractivity contribution in [2.45, 2.75) is 6.92 Å². The van der Waals surface area contributed by atoms with Crippen molar-refractivity contribution in [1.82, 2.24) is 0 Å². The van der Waals surface area contributed by atoms with E-state index in [0.717, 1.165) is 15.6 Å². The molecule has 0 aliphatic heterocycles. The van der Waals surface area contributed by atoms with Crippen LogP contribution in [0.3, 0.4) is 0 Å². The first-order valence-electron chi connectivity index (χ1n) is 9.74. The fourth-order valence-corrected chi connectivity index (χ4v) is 5.19. The molecule has 32 heavy (non-hydrogen) atoms. The number of thiophene rings is 1. The fourth-order valence-electron chi connectivity index (χ4n) is 3.55. The number of nitrogens with one attached hydrogen (secondary N) is 1. The van der Waals surface area contributed by atoms with Crippen LogP contribution < -0.4 is 5.32 Å². The Morgan fingerprint density at radius 1 is 0.938 bits per heavy atom. The first kappa shape index (κ1) is 20.8. The summed E-state index contributed by atoms with van der Waals surface area (Å²) in [6, 6.07) is 19.5. The molecule has 0 spiro atoms. The third-order valence-corrected chi connectivity index (χ3v) is 7.05. The molecule has 0 saturated heterocycles. The second-order valence-electron chi connectivity index (χ2n) is 7.34. The first-order valence-corrected chi connectivity index (χ1v) is 11.3. The Hall–Kier alpha value is -3.12. The predicted molar refractivity (Wildman–Crippen MR) is 131 cm³/mol. The summed E-state index contributed by atoms with van der Waals surface area (Å²) in [4.78, 5) is 26.8. The van der Waals surface area contributed by atoms with E-state index < -0.39 is 5.91 Å². The summed E-state index contributed by atoms with van der Waals surface area (Å²) < 4.78 is 6.79. The van der Waals surface area contributed by atoms with Crippen LogP contribution in [0.1, 0.15) is 31.4 Å². The molecule has 3 aromatic carbocycles. The van der Waals surface area contributed by atoms with Gasteiger partial charge in [-0.05, 0) is 55.0 Å². The highest BCUT2D eigenvalue weighted by Gasteiger charge is 2.25. The fraction of sp³-hybridized carbons (Fsp3) is 0.0400. The summed E-state index contributed by atoms with van der Waals surface area (Å²) in [5, 5.41) is 5.24. The molecule has 5 rings (SSSR count). The highest BCUT2D eigenvalue weighted by atomic mass is 35.5. The third kappa shape index (κ3) is 3.58. The Morgan fingerprint density at radius 3 is 2.47 bits per heavy atom. The number of para-hydroxylation sites is 1. The van der Waals surface area contributed by atoms with Crippen molar-refractivity contribution in [3.63, 3.8) is 0 Å². The molecule has 0 aliphatic carbocycles. The van der Waals surface area contributed by atoms with Gasteiger partial charge >= 0.3 is 0 Å². The third-order valence-electron chi connectivity index (χ3n) is 5.14. The largest absolute Gasteiger partial charge is 0.450 e. The van der Waals surface area contributed by atoms with E-state index in [4.69, 9.17) is 27.6 Å². The molecule has 0 unspecified atom stereocenters. The molecule has 7 heteroatoms. The Bertz CT molecular complexity index is 1520. The van der Waals surface area contributed by atoms with Crippen molar-refractivity contribution in [3.8, 4) is 0 Å². The van der Waals surface area contributed by atoms with Gasteiger partial charge in [0.2, 0.25) is 5.78 Å². The number of benzene rings is 3. The van der Waals surface area contributed by atoms with E-state index in [2.05, 4.69) is 5.32 Å². The second kappa shape index (κ2) is 8.10. The van der Waals surface area contributed by atoms with Gasteiger partial charge in [0, 0.05) is 26.1 Å². The lowest BCUT2D eigenvalue weighted by atomic mass is 10.1. The van der Waals surface area contributed by atoms with Gasteiger partial charge in [-0.1, -0.05) is 47.5 Å². The van der Waals surface area contributed by atoms with Crippen molar-refractivity contribution in [3.05, 3.63) is 98.5 Å². The molecule has 1 N–H and O–H groups in total. The standard InChI is InChI=1S/C25H15Cl2NO3S/c1-13-6-11-17-19(12-13)32-24(20(17)27)25(30)28-21-16-4-2-3-5-18(16)31-23(21)22(29)14-7-9-15(26)10-8-14/h2-12H,1H3,(H,28,30). The quantitative estimate of drug-likeness (QED) is 0.268. The number of hydrogen-bond donors (Lipinski definition) is 1. The van der Waals surface area contributed by atoms with Crippen molar-refractivity contribution in [2.24, 2.45) is 0 Å². The summed E-state index contributed by atoms with van der Waals surface area (Å²) in [5.41, 5.74) is 2.30. The molecule has 158 valence electrons. The number of hydrogen-bond acceptors (Lipinski definition) is 4. The molecule has 2 heterocycles. The van der Waals surface area contributed by atoms with Gasteiger partial charge in [-0.3, -0.25) is 9.59 Å². The number of ketones is 1. The lowest BCUT2D eigenvalue weighted by Crippen LogP contribution is -2.13. The maximum atomic E-state index is 13.2. The molecular weight excluding hydrogens is 465 g/mol. The Morgan fingerprint density at radius 2 is 1.69 bits per heavy atom. The SMILES string of the molecule is Cc1ccc2c(Cl)c(C(=O)Nc3c(C(=O)c4ccc(Cl)cc4)oc4ccccc34)sc2c1. The molecule has 0 saturated carbocycles. The summed E-state index contributed by atoms with van der Waals surface area (Å²) >= 11 is 13.8. The summed E-state index contributed by atoms with van der Waals surface area (Å²) in [7, 11) is 0. The topological polar surface area (TPSA) is 59.3 Å². The van der Waals surface area contributed by atoms with Crippen LogP contribution in [0.25, 0.3) is 21.1 Å². The molecule has 0 radical (unpaired) electrons. The zero-order valence-corrected chi connectivity index (χ0v) is 19.1. The molecule has 0 bridgehead atoms. The number of carbonyl (C=O) groups is 2.